The van der Waals surface area contributed by atoms with Crippen molar-refractivity contribution in [1.82, 2.24) is 5.32 Å². The first kappa shape index (κ1) is 16.1. The summed E-state index contributed by atoms with van der Waals surface area (Å²) in [6, 6.07) is 5.28. The summed E-state index contributed by atoms with van der Waals surface area (Å²) in [5, 5.41) is 2.61. The molecule has 1 amide bonds. The molecule has 5 nitrogen and oxygen atoms in total. The second-order valence-corrected chi connectivity index (χ2v) is 8.08. The van der Waals surface area contributed by atoms with E-state index in [2.05, 4.69) is 5.32 Å². The Labute approximate surface area is 119 Å². The molecule has 0 spiro atoms. The fourth-order valence-corrected chi connectivity index (χ4v) is 2.68. The van der Waals surface area contributed by atoms with Crippen molar-refractivity contribution in [2.24, 2.45) is 0 Å². The fraction of sp³-hybridized carbons (Fsp3) is 0.364. The fourth-order valence-electron chi connectivity index (χ4n) is 1.29. The zero-order valence-electron chi connectivity index (χ0n) is 10.3. The van der Waals surface area contributed by atoms with Crippen LogP contribution in [0.3, 0.4) is 0 Å². The number of carbonyl (C=O) groups excluding carboxylic acids is 1. The molecule has 1 N–H and O–H groups in total. The SMILES string of the molecule is CCS(=O)CCNC(=O)c1ccc(S(=O)(=O)Cl)cc1. The van der Waals surface area contributed by atoms with Gasteiger partial charge >= 0.3 is 0 Å². The van der Waals surface area contributed by atoms with Gasteiger partial charge in [0.15, 0.2) is 0 Å². The summed E-state index contributed by atoms with van der Waals surface area (Å²) >= 11 is 0. The minimum atomic E-state index is -3.78. The van der Waals surface area contributed by atoms with Gasteiger partial charge in [-0.3, -0.25) is 9.00 Å². The zero-order chi connectivity index (χ0) is 14.5. The van der Waals surface area contributed by atoms with Crippen LogP contribution in [0, 0.1) is 0 Å². The van der Waals surface area contributed by atoms with Gasteiger partial charge in [0.2, 0.25) is 0 Å². The summed E-state index contributed by atoms with van der Waals surface area (Å²) in [5.41, 5.74) is 0.325. The van der Waals surface area contributed by atoms with E-state index < -0.39 is 19.9 Å². The third-order valence-corrected chi connectivity index (χ3v) is 5.01. The van der Waals surface area contributed by atoms with Crippen LogP contribution in [-0.2, 0) is 19.9 Å². The molecule has 19 heavy (non-hydrogen) atoms. The van der Waals surface area contributed by atoms with Gasteiger partial charge in [-0.1, -0.05) is 6.92 Å². The van der Waals surface area contributed by atoms with E-state index in [1.54, 1.807) is 0 Å². The number of carbonyl (C=O) groups is 1. The molecule has 1 aromatic rings. The van der Waals surface area contributed by atoms with Crippen LogP contribution in [0.2, 0.25) is 0 Å². The standard InChI is InChI=1S/C11H14ClNO4S2/c1-2-18(15)8-7-13-11(14)9-3-5-10(6-4-9)19(12,16)17/h3-6H,2,7-8H2,1H3,(H,13,14). The van der Waals surface area contributed by atoms with Crippen LogP contribution in [0.15, 0.2) is 29.2 Å². The Kier molecular flexibility index (Phi) is 5.96. The van der Waals surface area contributed by atoms with Crippen molar-refractivity contribution in [2.45, 2.75) is 11.8 Å². The predicted octanol–water partition coefficient (Wildman–Crippen LogP) is 1.11. The largest absolute Gasteiger partial charge is 0.351 e. The highest BCUT2D eigenvalue weighted by molar-refractivity contribution is 8.13. The maximum absolute atomic E-state index is 11.7. The third kappa shape index (κ3) is 5.30. The molecule has 0 radical (unpaired) electrons. The molecule has 1 unspecified atom stereocenters. The Morgan fingerprint density at radius 2 is 1.89 bits per heavy atom. The van der Waals surface area contributed by atoms with E-state index in [1.165, 1.54) is 24.3 Å². The van der Waals surface area contributed by atoms with Crippen molar-refractivity contribution in [1.29, 1.82) is 0 Å². The molecule has 0 heterocycles. The quantitative estimate of drug-likeness (QED) is 0.795. The molecule has 0 bridgehead atoms. The lowest BCUT2D eigenvalue weighted by molar-refractivity contribution is 0.0956. The van der Waals surface area contributed by atoms with Crippen molar-refractivity contribution in [3.05, 3.63) is 29.8 Å². The first-order valence-electron chi connectivity index (χ1n) is 5.52. The molecule has 8 heteroatoms. The van der Waals surface area contributed by atoms with Crippen LogP contribution in [-0.4, -0.2) is 36.6 Å². The van der Waals surface area contributed by atoms with Gasteiger partial charge in [-0.05, 0) is 24.3 Å². The number of hydrogen-bond acceptors (Lipinski definition) is 4. The zero-order valence-corrected chi connectivity index (χ0v) is 12.6. The number of benzene rings is 1. The molecule has 106 valence electrons. The molecule has 0 saturated heterocycles. The van der Waals surface area contributed by atoms with Gasteiger partial charge in [-0.25, -0.2) is 8.42 Å². The highest BCUT2D eigenvalue weighted by Crippen LogP contribution is 2.15. The average molecular weight is 324 g/mol. The lowest BCUT2D eigenvalue weighted by atomic mass is 10.2. The smallest absolute Gasteiger partial charge is 0.261 e. The Morgan fingerprint density at radius 3 is 2.37 bits per heavy atom. The van der Waals surface area contributed by atoms with Gasteiger partial charge in [0.25, 0.3) is 15.0 Å². The highest BCUT2D eigenvalue weighted by atomic mass is 35.7. The van der Waals surface area contributed by atoms with Crippen molar-refractivity contribution < 1.29 is 17.4 Å². The normalized spacial score (nSPS) is 12.9. The topological polar surface area (TPSA) is 80.3 Å². The summed E-state index contributed by atoms with van der Waals surface area (Å²) in [5.74, 6) is 0.612. The lowest BCUT2D eigenvalue weighted by Gasteiger charge is -2.05. The second kappa shape index (κ2) is 7.02. The Morgan fingerprint density at radius 1 is 1.32 bits per heavy atom. The van der Waals surface area contributed by atoms with Gasteiger partial charge in [0.05, 0.1) is 4.90 Å². The van der Waals surface area contributed by atoms with E-state index in [0.717, 1.165) is 0 Å². The molecule has 1 atom stereocenters. The second-order valence-electron chi connectivity index (χ2n) is 3.65. The summed E-state index contributed by atoms with van der Waals surface area (Å²) in [6.07, 6.45) is 0. The molecular weight excluding hydrogens is 310 g/mol. The molecule has 1 aromatic carbocycles. The van der Waals surface area contributed by atoms with E-state index in [4.69, 9.17) is 10.7 Å². The van der Waals surface area contributed by atoms with Gasteiger partial charge < -0.3 is 5.32 Å². The first-order chi connectivity index (χ1) is 8.84. The van der Waals surface area contributed by atoms with Crippen molar-refractivity contribution in [3.63, 3.8) is 0 Å². The van der Waals surface area contributed by atoms with Crippen molar-refractivity contribution in [2.75, 3.05) is 18.1 Å². The molecule has 1 rings (SSSR count). The van der Waals surface area contributed by atoms with E-state index in [1.807, 2.05) is 6.92 Å². The highest BCUT2D eigenvalue weighted by Gasteiger charge is 2.11. The van der Waals surface area contributed by atoms with Crippen LogP contribution in [0.25, 0.3) is 0 Å². The van der Waals surface area contributed by atoms with Crippen LogP contribution >= 0.6 is 10.7 Å². The van der Waals surface area contributed by atoms with E-state index in [0.29, 0.717) is 23.6 Å². The average Bonchev–Trinajstić information content (AvgIpc) is 2.37. The summed E-state index contributed by atoms with van der Waals surface area (Å²) < 4.78 is 33.2. The molecule has 0 aliphatic heterocycles. The van der Waals surface area contributed by atoms with Gasteiger partial charge in [-0.15, -0.1) is 0 Å². The maximum atomic E-state index is 11.7. The van der Waals surface area contributed by atoms with Crippen LogP contribution in [0.1, 0.15) is 17.3 Å². The maximum Gasteiger partial charge on any atom is 0.261 e. The van der Waals surface area contributed by atoms with Crippen molar-refractivity contribution in [3.8, 4) is 0 Å². The summed E-state index contributed by atoms with van der Waals surface area (Å²) in [4.78, 5) is 11.6. The first-order valence-corrected chi connectivity index (χ1v) is 9.32. The number of nitrogens with one attached hydrogen (secondary N) is 1. The van der Waals surface area contributed by atoms with Crippen LogP contribution in [0.5, 0.6) is 0 Å². The summed E-state index contributed by atoms with van der Waals surface area (Å²) in [7, 11) is 0.459. The molecular formula is C11H14ClNO4S2. The lowest BCUT2D eigenvalue weighted by Crippen LogP contribution is -2.27. The molecule has 0 saturated carbocycles. The van der Waals surface area contributed by atoms with Gasteiger partial charge in [-0.2, -0.15) is 0 Å². The Hall–Kier alpha value is -0.920. The monoisotopic (exact) mass is 323 g/mol. The van der Waals surface area contributed by atoms with Crippen LogP contribution in [0.4, 0.5) is 0 Å². The molecule has 0 fully saturated rings. The van der Waals surface area contributed by atoms with Gasteiger partial charge in [0, 0.05) is 45.1 Å². The third-order valence-electron chi connectivity index (χ3n) is 2.34. The minimum Gasteiger partial charge on any atom is -0.351 e. The van der Waals surface area contributed by atoms with Crippen molar-refractivity contribution >= 4 is 36.4 Å². The van der Waals surface area contributed by atoms with E-state index in [9.17, 15) is 17.4 Å². The Balaban J connectivity index is 2.61. The number of halogens is 1. The molecule has 0 aromatic heterocycles. The number of rotatable bonds is 6. The molecule has 0 aliphatic rings. The predicted molar refractivity (Wildman–Crippen MR) is 75.4 cm³/mol. The Bertz CT molecular complexity index is 569. The van der Waals surface area contributed by atoms with Crippen LogP contribution < -0.4 is 5.32 Å². The van der Waals surface area contributed by atoms with E-state index >= 15 is 0 Å². The summed E-state index contributed by atoms with van der Waals surface area (Å²) in [6.45, 7) is 2.12. The number of amides is 1. The minimum absolute atomic E-state index is 0.0576. The molecule has 0 aliphatic carbocycles. The van der Waals surface area contributed by atoms with Gasteiger partial charge in [0.1, 0.15) is 0 Å². The van der Waals surface area contributed by atoms with E-state index in [-0.39, 0.29) is 10.8 Å². The number of hydrogen-bond donors (Lipinski definition) is 1.